The fourth-order valence-electron chi connectivity index (χ4n) is 1.16. The highest BCUT2D eigenvalue weighted by Gasteiger charge is 2.13. The first-order chi connectivity index (χ1) is 6.50. The summed E-state index contributed by atoms with van der Waals surface area (Å²) in [5.41, 5.74) is 1.51. The van der Waals surface area contributed by atoms with Crippen molar-refractivity contribution in [1.29, 1.82) is 0 Å². The number of rotatable bonds is 2. The molecular weight excluding hydrogens is 174 g/mol. The van der Waals surface area contributed by atoms with E-state index < -0.39 is 0 Å². The third-order valence-corrected chi connectivity index (χ3v) is 2.67. The van der Waals surface area contributed by atoms with Gasteiger partial charge in [0, 0.05) is 19.0 Å². The van der Waals surface area contributed by atoms with E-state index in [0.29, 0.717) is 0 Å². The SMILES string of the molecule is C/C(=C\N=CC1CCCO1)C(C)(C)C. The summed E-state index contributed by atoms with van der Waals surface area (Å²) >= 11 is 0. The van der Waals surface area contributed by atoms with E-state index in [2.05, 4.69) is 32.7 Å². The lowest BCUT2D eigenvalue weighted by Gasteiger charge is -2.18. The van der Waals surface area contributed by atoms with Crippen LogP contribution >= 0.6 is 0 Å². The average molecular weight is 195 g/mol. The number of aliphatic imine (C=N–C) groups is 1. The van der Waals surface area contributed by atoms with Gasteiger partial charge in [0.25, 0.3) is 0 Å². The molecular formula is C12H21NO. The highest BCUT2D eigenvalue weighted by atomic mass is 16.5. The molecule has 1 aliphatic heterocycles. The average Bonchev–Trinajstić information content (AvgIpc) is 2.55. The minimum absolute atomic E-state index is 0.216. The van der Waals surface area contributed by atoms with Crippen LogP contribution in [0.4, 0.5) is 0 Å². The predicted octanol–water partition coefficient (Wildman–Crippen LogP) is 3.19. The van der Waals surface area contributed by atoms with Gasteiger partial charge in [-0.3, -0.25) is 4.99 Å². The molecule has 1 unspecified atom stereocenters. The number of hydrogen-bond donors (Lipinski definition) is 0. The Kier molecular flexibility index (Phi) is 3.87. The van der Waals surface area contributed by atoms with Gasteiger partial charge in [-0.25, -0.2) is 0 Å². The highest BCUT2D eigenvalue weighted by molar-refractivity contribution is 5.64. The molecule has 2 heteroatoms. The largest absolute Gasteiger partial charge is 0.373 e. The topological polar surface area (TPSA) is 21.6 Å². The maximum atomic E-state index is 5.44. The number of ether oxygens (including phenoxy) is 1. The van der Waals surface area contributed by atoms with Crippen LogP contribution in [-0.4, -0.2) is 18.9 Å². The number of nitrogens with zero attached hydrogens (tertiary/aromatic N) is 1. The molecule has 0 N–H and O–H groups in total. The molecule has 0 amide bonds. The Bertz CT molecular complexity index is 229. The minimum Gasteiger partial charge on any atom is -0.373 e. The zero-order valence-electron chi connectivity index (χ0n) is 9.71. The molecule has 1 saturated heterocycles. The second-order valence-electron chi connectivity index (χ2n) is 4.91. The molecule has 0 aliphatic carbocycles. The first-order valence-electron chi connectivity index (χ1n) is 5.32. The molecule has 14 heavy (non-hydrogen) atoms. The van der Waals surface area contributed by atoms with Crippen LogP contribution in [0.15, 0.2) is 16.8 Å². The molecule has 1 heterocycles. The standard InChI is InChI=1S/C12H21NO/c1-10(12(2,3)4)8-13-9-11-6-5-7-14-11/h8-9,11H,5-7H2,1-4H3/b10-8+,13-9?. The van der Waals surface area contributed by atoms with Crippen molar-refractivity contribution in [3.8, 4) is 0 Å². The van der Waals surface area contributed by atoms with Crippen LogP contribution in [0.5, 0.6) is 0 Å². The fourth-order valence-corrected chi connectivity index (χ4v) is 1.16. The van der Waals surface area contributed by atoms with E-state index in [4.69, 9.17) is 4.74 Å². The van der Waals surface area contributed by atoms with Gasteiger partial charge in [-0.05, 0) is 30.8 Å². The van der Waals surface area contributed by atoms with Crippen LogP contribution in [0.1, 0.15) is 40.5 Å². The molecule has 0 radical (unpaired) electrons. The molecule has 0 aromatic rings. The summed E-state index contributed by atoms with van der Waals surface area (Å²) in [4.78, 5) is 4.31. The Hall–Kier alpha value is -0.630. The van der Waals surface area contributed by atoms with Gasteiger partial charge in [0.05, 0.1) is 6.10 Å². The summed E-state index contributed by atoms with van der Waals surface area (Å²) in [6.07, 6.45) is 6.40. The summed E-state index contributed by atoms with van der Waals surface area (Å²) in [7, 11) is 0. The summed E-state index contributed by atoms with van der Waals surface area (Å²) in [6, 6.07) is 0. The van der Waals surface area contributed by atoms with E-state index in [-0.39, 0.29) is 11.5 Å². The fraction of sp³-hybridized carbons (Fsp3) is 0.750. The monoisotopic (exact) mass is 195 g/mol. The first kappa shape index (κ1) is 11.4. The van der Waals surface area contributed by atoms with Crippen LogP contribution in [0.3, 0.4) is 0 Å². The van der Waals surface area contributed by atoms with E-state index in [1.807, 2.05) is 12.4 Å². The van der Waals surface area contributed by atoms with Gasteiger partial charge in [-0.2, -0.15) is 0 Å². The van der Waals surface area contributed by atoms with Crippen LogP contribution in [0.25, 0.3) is 0 Å². The van der Waals surface area contributed by atoms with Gasteiger partial charge in [0.2, 0.25) is 0 Å². The second kappa shape index (κ2) is 4.74. The summed E-state index contributed by atoms with van der Waals surface area (Å²) in [5.74, 6) is 0. The van der Waals surface area contributed by atoms with Crippen molar-refractivity contribution in [2.75, 3.05) is 6.61 Å². The summed E-state index contributed by atoms with van der Waals surface area (Å²) in [6.45, 7) is 9.59. The summed E-state index contributed by atoms with van der Waals surface area (Å²) < 4.78 is 5.44. The Morgan fingerprint density at radius 2 is 2.14 bits per heavy atom. The molecule has 1 rings (SSSR count). The minimum atomic E-state index is 0.216. The van der Waals surface area contributed by atoms with E-state index in [9.17, 15) is 0 Å². The molecule has 80 valence electrons. The lowest BCUT2D eigenvalue weighted by Crippen LogP contribution is -2.07. The van der Waals surface area contributed by atoms with E-state index >= 15 is 0 Å². The molecule has 1 fully saturated rings. The summed E-state index contributed by atoms with van der Waals surface area (Å²) in [5, 5.41) is 0. The third-order valence-electron chi connectivity index (χ3n) is 2.67. The lowest BCUT2D eigenvalue weighted by atomic mass is 9.88. The second-order valence-corrected chi connectivity index (χ2v) is 4.91. The molecule has 1 atom stereocenters. The van der Waals surface area contributed by atoms with Crippen molar-refractivity contribution in [3.63, 3.8) is 0 Å². The van der Waals surface area contributed by atoms with Crippen molar-refractivity contribution in [2.45, 2.75) is 46.6 Å². The molecule has 0 aromatic carbocycles. The van der Waals surface area contributed by atoms with Crippen molar-refractivity contribution in [2.24, 2.45) is 10.4 Å². The first-order valence-corrected chi connectivity index (χ1v) is 5.32. The maximum absolute atomic E-state index is 5.44. The Balaban J connectivity index is 2.44. The number of allylic oxidation sites excluding steroid dienone is 1. The Labute approximate surface area is 87.1 Å². The van der Waals surface area contributed by atoms with Crippen LogP contribution < -0.4 is 0 Å². The Morgan fingerprint density at radius 3 is 2.64 bits per heavy atom. The zero-order chi connectivity index (χ0) is 10.6. The predicted molar refractivity (Wildman–Crippen MR) is 60.7 cm³/mol. The lowest BCUT2D eigenvalue weighted by molar-refractivity contribution is 0.162. The van der Waals surface area contributed by atoms with Crippen molar-refractivity contribution in [3.05, 3.63) is 11.8 Å². The van der Waals surface area contributed by atoms with Gasteiger partial charge in [0.15, 0.2) is 0 Å². The zero-order valence-corrected chi connectivity index (χ0v) is 9.71. The molecule has 0 bridgehead atoms. The van der Waals surface area contributed by atoms with E-state index in [1.165, 1.54) is 12.0 Å². The van der Waals surface area contributed by atoms with Gasteiger partial charge >= 0.3 is 0 Å². The maximum Gasteiger partial charge on any atom is 0.0926 e. The van der Waals surface area contributed by atoms with Crippen molar-refractivity contribution < 1.29 is 4.74 Å². The van der Waals surface area contributed by atoms with Crippen LogP contribution in [0.2, 0.25) is 0 Å². The molecule has 1 aliphatic rings. The Morgan fingerprint density at radius 1 is 1.43 bits per heavy atom. The highest BCUT2D eigenvalue weighted by Crippen LogP contribution is 2.24. The smallest absolute Gasteiger partial charge is 0.0926 e. The van der Waals surface area contributed by atoms with Crippen molar-refractivity contribution in [1.82, 2.24) is 0 Å². The van der Waals surface area contributed by atoms with E-state index in [1.54, 1.807) is 0 Å². The molecule has 2 nitrogen and oxygen atoms in total. The quantitative estimate of drug-likeness (QED) is 0.620. The van der Waals surface area contributed by atoms with Gasteiger partial charge in [-0.1, -0.05) is 20.8 Å². The van der Waals surface area contributed by atoms with Gasteiger partial charge in [0.1, 0.15) is 0 Å². The van der Waals surface area contributed by atoms with E-state index in [0.717, 1.165) is 13.0 Å². The number of hydrogen-bond acceptors (Lipinski definition) is 2. The van der Waals surface area contributed by atoms with Crippen molar-refractivity contribution >= 4 is 6.21 Å². The van der Waals surface area contributed by atoms with Gasteiger partial charge < -0.3 is 4.74 Å². The van der Waals surface area contributed by atoms with Crippen LogP contribution in [-0.2, 0) is 4.74 Å². The van der Waals surface area contributed by atoms with Gasteiger partial charge in [-0.15, -0.1) is 0 Å². The molecule has 0 saturated carbocycles. The molecule has 0 spiro atoms. The third kappa shape index (κ3) is 3.62. The molecule has 0 aromatic heterocycles. The normalized spacial score (nSPS) is 24.9. The van der Waals surface area contributed by atoms with Crippen LogP contribution in [0, 0.1) is 5.41 Å².